The van der Waals surface area contributed by atoms with Crippen molar-refractivity contribution in [1.29, 1.82) is 0 Å². The molecule has 0 bridgehead atoms. The van der Waals surface area contributed by atoms with Crippen molar-refractivity contribution in [1.82, 2.24) is 15.6 Å². The molecule has 2 heterocycles. The van der Waals surface area contributed by atoms with Gasteiger partial charge in [0.2, 0.25) is 11.8 Å². The van der Waals surface area contributed by atoms with Crippen LogP contribution in [0, 0.1) is 0 Å². The summed E-state index contributed by atoms with van der Waals surface area (Å²) in [6.45, 7) is 4.28. The summed E-state index contributed by atoms with van der Waals surface area (Å²) >= 11 is 0. The zero-order valence-corrected chi connectivity index (χ0v) is 14.3. The molecule has 2 fully saturated rings. The third kappa shape index (κ3) is 3.68. The largest absolute Gasteiger partial charge is 0.333 e. The van der Waals surface area contributed by atoms with Crippen molar-refractivity contribution >= 4 is 35.8 Å². The van der Waals surface area contributed by atoms with Crippen LogP contribution in [0.2, 0.25) is 0 Å². The van der Waals surface area contributed by atoms with Crippen LogP contribution in [0.1, 0.15) is 30.1 Å². The highest BCUT2D eigenvalue weighted by Gasteiger charge is 2.26. The van der Waals surface area contributed by atoms with Crippen LogP contribution in [0.3, 0.4) is 0 Å². The highest BCUT2D eigenvalue weighted by Crippen LogP contribution is 2.19. The first-order valence-electron chi connectivity index (χ1n) is 7.80. The van der Waals surface area contributed by atoms with Crippen molar-refractivity contribution in [3.63, 3.8) is 0 Å². The standard InChI is InChI=1S/C16H20N4O3.ClH/c1-11-10-17-8-9-19(11)16(23)12-2-4-13(5-3-12)20-15(22)7-6-14(21)18-20;/h2-5,11,17H,6-10H2,1H3,(H,18,21);1H/t11-;/m0./s1. The van der Waals surface area contributed by atoms with Gasteiger partial charge in [-0.05, 0) is 31.2 Å². The lowest BCUT2D eigenvalue weighted by Crippen LogP contribution is -2.52. The first-order valence-corrected chi connectivity index (χ1v) is 7.80. The smallest absolute Gasteiger partial charge is 0.254 e. The maximum atomic E-state index is 12.6. The van der Waals surface area contributed by atoms with E-state index >= 15 is 0 Å². The Hall–Kier alpha value is -2.12. The lowest BCUT2D eigenvalue weighted by molar-refractivity contribution is -0.130. The van der Waals surface area contributed by atoms with E-state index < -0.39 is 0 Å². The molecule has 0 saturated carbocycles. The van der Waals surface area contributed by atoms with E-state index in [4.69, 9.17) is 0 Å². The molecule has 24 heavy (non-hydrogen) atoms. The van der Waals surface area contributed by atoms with E-state index in [-0.39, 0.29) is 49.0 Å². The van der Waals surface area contributed by atoms with Crippen LogP contribution >= 0.6 is 12.4 Å². The molecule has 130 valence electrons. The third-order valence-electron chi connectivity index (χ3n) is 4.19. The molecule has 1 atom stereocenters. The van der Waals surface area contributed by atoms with Crippen LogP contribution in [0.15, 0.2) is 24.3 Å². The number of hydrogen-bond donors (Lipinski definition) is 2. The van der Waals surface area contributed by atoms with Gasteiger partial charge in [-0.2, -0.15) is 0 Å². The van der Waals surface area contributed by atoms with E-state index in [1.807, 2.05) is 11.8 Å². The molecule has 1 aromatic rings. The number of nitrogens with one attached hydrogen (secondary N) is 2. The normalized spacial score (nSPS) is 21.1. The molecular weight excluding hydrogens is 332 g/mol. The Kier molecular flexibility index (Phi) is 5.80. The van der Waals surface area contributed by atoms with Crippen LogP contribution in [-0.2, 0) is 9.59 Å². The molecule has 2 saturated heterocycles. The molecule has 2 N–H and O–H groups in total. The zero-order chi connectivity index (χ0) is 16.4. The van der Waals surface area contributed by atoms with Gasteiger partial charge in [-0.15, -0.1) is 12.4 Å². The lowest BCUT2D eigenvalue weighted by atomic mass is 10.1. The Balaban J connectivity index is 0.00000208. The number of benzene rings is 1. The van der Waals surface area contributed by atoms with Gasteiger partial charge >= 0.3 is 0 Å². The van der Waals surface area contributed by atoms with Crippen LogP contribution in [0.25, 0.3) is 0 Å². The molecule has 8 heteroatoms. The molecule has 1 aromatic carbocycles. The summed E-state index contributed by atoms with van der Waals surface area (Å²) in [5.74, 6) is -0.349. The Morgan fingerprint density at radius 2 is 1.88 bits per heavy atom. The van der Waals surface area contributed by atoms with E-state index in [9.17, 15) is 14.4 Å². The number of anilines is 1. The summed E-state index contributed by atoms with van der Waals surface area (Å²) in [6.07, 6.45) is 0.414. The fourth-order valence-electron chi connectivity index (χ4n) is 2.85. The number of hydrogen-bond acceptors (Lipinski definition) is 4. The molecule has 0 spiro atoms. The van der Waals surface area contributed by atoms with Gasteiger partial charge < -0.3 is 10.2 Å². The van der Waals surface area contributed by atoms with Crippen molar-refractivity contribution in [2.45, 2.75) is 25.8 Å². The van der Waals surface area contributed by atoms with Gasteiger partial charge in [0, 0.05) is 44.1 Å². The number of nitrogens with zero attached hydrogens (tertiary/aromatic N) is 2. The van der Waals surface area contributed by atoms with Gasteiger partial charge in [0.15, 0.2) is 0 Å². The molecular formula is C16H21ClN4O3. The Bertz CT molecular complexity index is 635. The van der Waals surface area contributed by atoms with E-state index in [0.29, 0.717) is 17.8 Å². The van der Waals surface area contributed by atoms with Gasteiger partial charge in [-0.3, -0.25) is 19.8 Å². The minimum absolute atomic E-state index is 0. The van der Waals surface area contributed by atoms with E-state index in [1.165, 1.54) is 5.01 Å². The summed E-state index contributed by atoms with van der Waals surface area (Å²) in [6, 6.07) is 6.91. The van der Waals surface area contributed by atoms with Crippen molar-refractivity contribution in [3.8, 4) is 0 Å². The summed E-state index contributed by atoms with van der Waals surface area (Å²) < 4.78 is 0. The zero-order valence-electron chi connectivity index (χ0n) is 13.4. The first-order chi connectivity index (χ1) is 11.1. The molecule has 7 nitrogen and oxygen atoms in total. The minimum Gasteiger partial charge on any atom is -0.333 e. The lowest BCUT2D eigenvalue weighted by Gasteiger charge is -2.34. The second kappa shape index (κ2) is 7.63. The summed E-state index contributed by atoms with van der Waals surface area (Å²) in [4.78, 5) is 37.7. The Labute approximate surface area is 146 Å². The molecule has 0 aromatic heterocycles. The number of rotatable bonds is 2. The molecule has 0 unspecified atom stereocenters. The predicted octanol–water partition coefficient (Wildman–Crippen LogP) is 0.700. The van der Waals surface area contributed by atoms with Crippen molar-refractivity contribution < 1.29 is 14.4 Å². The van der Waals surface area contributed by atoms with Crippen molar-refractivity contribution in [2.24, 2.45) is 0 Å². The van der Waals surface area contributed by atoms with Crippen molar-refractivity contribution in [3.05, 3.63) is 29.8 Å². The molecule has 0 aliphatic carbocycles. The van der Waals surface area contributed by atoms with E-state index in [2.05, 4.69) is 10.7 Å². The average Bonchev–Trinajstić information content (AvgIpc) is 2.57. The van der Waals surface area contributed by atoms with Gasteiger partial charge in [-0.25, -0.2) is 5.01 Å². The highest BCUT2D eigenvalue weighted by molar-refractivity contribution is 6.01. The average molecular weight is 353 g/mol. The third-order valence-corrected chi connectivity index (χ3v) is 4.19. The summed E-state index contributed by atoms with van der Waals surface area (Å²) in [5, 5.41) is 4.50. The molecule has 3 rings (SSSR count). The first kappa shape index (κ1) is 18.2. The number of halogens is 1. The summed E-state index contributed by atoms with van der Waals surface area (Å²) in [5.41, 5.74) is 3.69. The topological polar surface area (TPSA) is 81.8 Å². The molecule has 2 aliphatic heterocycles. The number of carbonyl (C=O) groups is 3. The van der Waals surface area contributed by atoms with E-state index in [0.717, 1.165) is 13.1 Å². The predicted molar refractivity (Wildman–Crippen MR) is 91.9 cm³/mol. The number of amides is 3. The van der Waals surface area contributed by atoms with Crippen LogP contribution in [-0.4, -0.2) is 48.3 Å². The monoisotopic (exact) mass is 352 g/mol. The van der Waals surface area contributed by atoms with Gasteiger partial charge in [0.1, 0.15) is 0 Å². The summed E-state index contributed by atoms with van der Waals surface area (Å²) in [7, 11) is 0. The number of piperazine rings is 1. The fraction of sp³-hybridized carbons (Fsp3) is 0.438. The second-order valence-electron chi connectivity index (χ2n) is 5.86. The van der Waals surface area contributed by atoms with E-state index in [1.54, 1.807) is 24.3 Å². The SMILES string of the molecule is C[C@H]1CNCCN1C(=O)c1ccc(N2NC(=O)CCC2=O)cc1.Cl. The maximum Gasteiger partial charge on any atom is 0.254 e. The number of carbonyl (C=O) groups excluding carboxylic acids is 3. The second-order valence-corrected chi connectivity index (χ2v) is 5.86. The van der Waals surface area contributed by atoms with Gasteiger partial charge in [0.25, 0.3) is 5.91 Å². The Morgan fingerprint density at radius 3 is 2.54 bits per heavy atom. The van der Waals surface area contributed by atoms with Gasteiger partial charge in [-0.1, -0.05) is 0 Å². The molecule has 3 amide bonds. The van der Waals surface area contributed by atoms with Gasteiger partial charge in [0.05, 0.1) is 5.69 Å². The van der Waals surface area contributed by atoms with Crippen LogP contribution in [0.4, 0.5) is 5.69 Å². The number of hydrazine groups is 1. The minimum atomic E-state index is -0.181. The van der Waals surface area contributed by atoms with Crippen LogP contribution < -0.4 is 15.8 Å². The highest BCUT2D eigenvalue weighted by atomic mass is 35.5. The van der Waals surface area contributed by atoms with Crippen molar-refractivity contribution in [2.75, 3.05) is 24.6 Å². The quantitative estimate of drug-likeness (QED) is 0.821. The maximum absolute atomic E-state index is 12.6. The van der Waals surface area contributed by atoms with Crippen LogP contribution in [0.5, 0.6) is 0 Å². The fourth-order valence-corrected chi connectivity index (χ4v) is 2.85. The Morgan fingerprint density at radius 1 is 1.17 bits per heavy atom. The molecule has 2 aliphatic rings. The molecule has 0 radical (unpaired) electrons.